The number of pyridine rings is 2. The molecule has 2 aromatic heterocycles. The highest BCUT2D eigenvalue weighted by molar-refractivity contribution is 5.88. The van der Waals surface area contributed by atoms with E-state index in [9.17, 15) is 0 Å². The Morgan fingerprint density at radius 2 is 0.960 bits per heavy atom. The van der Waals surface area contributed by atoms with Gasteiger partial charge in [0, 0.05) is 40.7 Å². The SMILES string of the molecule is C(#Cc1ccccc1)c1ccccc1.C(=C(\Cc1cccc2cccnc12)c1ccccc1)/c1ccccc1.Cc1cccc2cccnc12. The average molecular weight is 643 g/mol. The van der Waals surface area contributed by atoms with E-state index >= 15 is 0 Å². The number of fused-ring (bicyclic) bond motifs is 2. The monoisotopic (exact) mass is 642 g/mol. The molecule has 2 nitrogen and oxygen atoms in total. The molecule has 6 aromatic carbocycles. The van der Waals surface area contributed by atoms with Crippen LogP contribution in [0, 0.1) is 18.8 Å². The van der Waals surface area contributed by atoms with Crippen LogP contribution in [0.4, 0.5) is 0 Å². The van der Waals surface area contributed by atoms with Gasteiger partial charge in [0.25, 0.3) is 0 Å². The average Bonchev–Trinajstić information content (AvgIpc) is 3.19. The Morgan fingerprint density at radius 1 is 0.480 bits per heavy atom. The first-order valence-corrected chi connectivity index (χ1v) is 16.8. The molecule has 2 heteroatoms. The van der Waals surface area contributed by atoms with Crippen molar-refractivity contribution in [1.82, 2.24) is 9.97 Å². The van der Waals surface area contributed by atoms with E-state index in [0.717, 1.165) is 28.6 Å². The summed E-state index contributed by atoms with van der Waals surface area (Å²) in [6, 6.07) is 61.9. The van der Waals surface area contributed by atoms with Gasteiger partial charge in [-0.2, -0.15) is 0 Å². The van der Waals surface area contributed by atoms with Gasteiger partial charge in [0.1, 0.15) is 0 Å². The van der Waals surface area contributed by atoms with Gasteiger partial charge in [-0.25, -0.2) is 0 Å². The molecule has 0 N–H and O–H groups in total. The highest BCUT2D eigenvalue weighted by atomic mass is 14.7. The van der Waals surface area contributed by atoms with E-state index in [4.69, 9.17) is 0 Å². The normalized spacial score (nSPS) is 10.5. The van der Waals surface area contributed by atoms with Crippen molar-refractivity contribution in [3.05, 3.63) is 228 Å². The van der Waals surface area contributed by atoms with Gasteiger partial charge >= 0.3 is 0 Å². The number of nitrogens with zero attached hydrogens (tertiary/aromatic N) is 2. The van der Waals surface area contributed by atoms with Crippen LogP contribution in [-0.4, -0.2) is 9.97 Å². The molecule has 0 fully saturated rings. The first kappa shape index (κ1) is 33.3. The van der Waals surface area contributed by atoms with Crippen molar-refractivity contribution >= 4 is 33.5 Å². The second-order valence-electron chi connectivity index (χ2n) is 11.7. The van der Waals surface area contributed by atoms with E-state index in [1.807, 2.05) is 91.3 Å². The maximum atomic E-state index is 4.61. The minimum atomic E-state index is 0.854. The molecule has 0 amide bonds. The molecule has 0 saturated carbocycles. The molecular formula is C48H38N2. The minimum absolute atomic E-state index is 0.854. The van der Waals surface area contributed by atoms with E-state index in [0.29, 0.717) is 0 Å². The number of rotatable bonds is 4. The zero-order valence-electron chi connectivity index (χ0n) is 28.2. The van der Waals surface area contributed by atoms with Gasteiger partial charge in [-0.3, -0.25) is 9.97 Å². The van der Waals surface area contributed by atoms with Gasteiger partial charge in [0.05, 0.1) is 11.0 Å². The fourth-order valence-corrected chi connectivity index (χ4v) is 5.60. The fraction of sp³-hybridized carbons (Fsp3) is 0.0417. The molecule has 0 unspecified atom stereocenters. The standard InChI is InChI=1S/C24H19N.C14H10.C10H9N/c1-3-9-19(10-4-1)17-23(20-11-5-2-6-12-20)18-22-14-7-13-21-15-8-16-25-24(21)22;1-3-7-13(8-4-1)11-12-14-9-5-2-6-10-14;1-8-4-2-5-9-6-3-7-11-10(8)9/h1-17H,18H2;1-10H;2-7H,1H3/b23-17-;;. The van der Waals surface area contributed by atoms with Crippen molar-refractivity contribution < 1.29 is 0 Å². The summed E-state index contributed by atoms with van der Waals surface area (Å²) in [4.78, 5) is 8.89. The second-order valence-corrected chi connectivity index (χ2v) is 11.7. The summed E-state index contributed by atoms with van der Waals surface area (Å²) < 4.78 is 0. The second kappa shape index (κ2) is 17.6. The lowest BCUT2D eigenvalue weighted by Crippen LogP contribution is -1.94. The van der Waals surface area contributed by atoms with E-state index < -0.39 is 0 Å². The van der Waals surface area contributed by atoms with Gasteiger partial charge in [-0.15, -0.1) is 0 Å². The molecule has 0 saturated heterocycles. The van der Waals surface area contributed by atoms with E-state index in [-0.39, 0.29) is 0 Å². The molecule has 0 atom stereocenters. The van der Waals surface area contributed by atoms with E-state index in [2.05, 4.69) is 138 Å². The van der Waals surface area contributed by atoms with Gasteiger partial charge in [0.15, 0.2) is 0 Å². The van der Waals surface area contributed by atoms with Gasteiger partial charge < -0.3 is 0 Å². The molecule has 0 bridgehead atoms. The maximum Gasteiger partial charge on any atom is 0.0737 e. The van der Waals surface area contributed by atoms with Crippen molar-refractivity contribution in [2.75, 3.05) is 0 Å². The van der Waals surface area contributed by atoms with Crippen molar-refractivity contribution in [2.24, 2.45) is 0 Å². The molecular weight excluding hydrogens is 605 g/mol. The third-order valence-corrected chi connectivity index (χ3v) is 8.12. The highest BCUT2D eigenvalue weighted by Gasteiger charge is 2.08. The Labute approximate surface area is 295 Å². The minimum Gasteiger partial charge on any atom is -0.256 e. The van der Waals surface area contributed by atoms with E-state index in [1.165, 1.54) is 38.6 Å². The zero-order valence-corrected chi connectivity index (χ0v) is 28.2. The van der Waals surface area contributed by atoms with Crippen LogP contribution in [-0.2, 0) is 6.42 Å². The van der Waals surface area contributed by atoms with Crippen LogP contribution < -0.4 is 0 Å². The summed E-state index contributed by atoms with van der Waals surface area (Å²) in [5.74, 6) is 6.22. The largest absolute Gasteiger partial charge is 0.256 e. The number of hydrogen-bond acceptors (Lipinski definition) is 2. The molecule has 240 valence electrons. The summed E-state index contributed by atoms with van der Waals surface area (Å²) in [7, 11) is 0. The lowest BCUT2D eigenvalue weighted by molar-refractivity contribution is 1.27. The van der Waals surface area contributed by atoms with Crippen molar-refractivity contribution in [2.45, 2.75) is 13.3 Å². The Morgan fingerprint density at radius 3 is 1.54 bits per heavy atom. The summed E-state index contributed by atoms with van der Waals surface area (Å²) in [5, 5.41) is 2.40. The van der Waals surface area contributed by atoms with Crippen LogP contribution in [0.5, 0.6) is 0 Å². The zero-order chi connectivity index (χ0) is 34.2. The molecule has 0 radical (unpaired) electrons. The van der Waals surface area contributed by atoms with Crippen LogP contribution in [0.3, 0.4) is 0 Å². The number of hydrogen-bond donors (Lipinski definition) is 0. The number of aryl methyl sites for hydroxylation is 1. The smallest absolute Gasteiger partial charge is 0.0737 e. The van der Waals surface area contributed by atoms with Crippen LogP contribution in [0.15, 0.2) is 194 Å². The predicted octanol–water partition coefficient (Wildman–Crippen LogP) is 11.6. The third-order valence-electron chi connectivity index (χ3n) is 8.12. The highest BCUT2D eigenvalue weighted by Crippen LogP contribution is 2.26. The Hall–Kier alpha value is -6.56. The van der Waals surface area contributed by atoms with Crippen LogP contribution in [0.2, 0.25) is 0 Å². The third kappa shape index (κ3) is 9.50. The molecule has 8 aromatic rings. The molecule has 8 rings (SSSR count). The van der Waals surface area contributed by atoms with E-state index in [1.54, 1.807) is 0 Å². The first-order chi connectivity index (χ1) is 24.7. The molecule has 0 aliphatic carbocycles. The number of aromatic nitrogens is 2. The maximum absolute atomic E-state index is 4.61. The van der Waals surface area contributed by atoms with Crippen molar-refractivity contribution in [3.8, 4) is 11.8 Å². The molecule has 0 aliphatic rings. The topological polar surface area (TPSA) is 25.8 Å². The lowest BCUT2D eigenvalue weighted by Gasteiger charge is -2.11. The lowest BCUT2D eigenvalue weighted by atomic mass is 9.95. The first-order valence-electron chi connectivity index (χ1n) is 16.8. The molecule has 0 spiro atoms. The quantitative estimate of drug-likeness (QED) is 0.141. The summed E-state index contributed by atoms with van der Waals surface area (Å²) in [5.41, 5.74) is 10.5. The number of para-hydroxylation sites is 2. The summed E-state index contributed by atoms with van der Waals surface area (Å²) in [6.07, 6.45) is 6.83. The Balaban J connectivity index is 0.000000145. The predicted molar refractivity (Wildman–Crippen MR) is 212 cm³/mol. The van der Waals surface area contributed by atoms with Crippen LogP contribution >= 0.6 is 0 Å². The van der Waals surface area contributed by atoms with Gasteiger partial charge in [0.2, 0.25) is 0 Å². The summed E-state index contributed by atoms with van der Waals surface area (Å²) >= 11 is 0. The van der Waals surface area contributed by atoms with Gasteiger partial charge in [-0.1, -0.05) is 164 Å². The van der Waals surface area contributed by atoms with Crippen molar-refractivity contribution in [3.63, 3.8) is 0 Å². The van der Waals surface area contributed by atoms with Crippen LogP contribution in [0.1, 0.15) is 33.4 Å². The molecule has 0 aliphatic heterocycles. The van der Waals surface area contributed by atoms with Crippen molar-refractivity contribution in [1.29, 1.82) is 0 Å². The Kier molecular flexibility index (Phi) is 11.7. The Bertz CT molecular complexity index is 2280. The summed E-state index contributed by atoms with van der Waals surface area (Å²) in [6.45, 7) is 2.08. The molecule has 2 heterocycles. The molecule has 50 heavy (non-hydrogen) atoms. The van der Waals surface area contributed by atoms with Crippen LogP contribution in [0.25, 0.3) is 33.5 Å². The fourth-order valence-electron chi connectivity index (χ4n) is 5.60. The number of benzene rings is 6. The van der Waals surface area contributed by atoms with Gasteiger partial charge in [-0.05, 0) is 71.1 Å². The number of allylic oxidation sites excluding steroid dienone is 1.